The molecule has 1 unspecified atom stereocenters. The molecule has 0 saturated heterocycles. The molecule has 0 bridgehead atoms. The van der Waals surface area contributed by atoms with Gasteiger partial charge in [-0.2, -0.15) is 0 Å². The number of rotatable bonds is 4. The number of hydrogen-bond donors (Lipinski definition) is 1. The molecule has 0 spiro atoms. The van der Waals surface area contributed by atoms with Gasteiger partial charge in [-0.15, -0.1) is 0 Å². The van der Waals surface area contributed by atoms with Crippen LogP contribution in [-0.4, -0.2) is 18.2 Å². The Labute approximate surface area is 108 Å². The third kappa shape index (κ3) is 3.42. The van der Waals surface area contributed by atoms with E-state index in [1.165, 1.54) is 19.3 Å². The highest BCUT2D eigenvalue weighted by Gasteiger charge is 2.26. The zero-order valence-electron chi connectivity index (χ0n) is 10.6. The van der Waals surface area contributed by atoms with Gasteiger partial charge < -0.3 is 5.73 Å². The van der Waals surface area contributed by atoms with Crippen molar-refractivity contribution in [3.8, 4) is 0 Å². The van der Waals surface area contributed by atoms with Gasteiger partial charge in [0.2, 0.25) is 5.91 Å². The zero-order chi connectivity index (χ0) is 12.8. The molecule has 1 aliphatic rings. The smallest absolute Gasteiger partial charge is 0.242 e. The summed E-state index contributed by atoms with van der Waals surface area (Å²) in [6, 6.07) is 9.47. The minimum absolute atomic E-state index is 0.297. The van der Waals surface area contributed by atoms with E-state index in [1.54, 1.807) is 6.21 Å². The SMILES string of the molecule is NC(=O)C(N=Cc1ccccc1)C1CCCCC1. The van der Waals surface area contributed by atoms with Gasteiger partial charge in [0.05, 0.1) is 0 Å². The Morgan fingerprint density at radius 1 is 1.22 bits per heavy atom. The molecule has 1 fully saturated rings. The van der Waals surface area contributed by atoms with Gasteiger partial charge in [0.1, 0.15) is 6.04 Å². The summed E-state index contributed by atoms with van der Waals surface area (Å²) in [5.41, 5.74) is 6.49. The Morgan fingerprint density at radius 3 is 2.50 bits per heavy atom. The number of amides is 1. The molecule has 1 aliphatic carbocycles. The molecule has 1 atom stereocenters. The van der Waals surface area contributed by atoms with E-state index in [-0.39, 0.29) is 11.9 Å². The van der Waals surface area contributed by atoms with Crippen LogP contribution in [0.3, 0.4) is 0 Å². The second-order valence-electron chi connectivity index (χ2n) is 4.93. The van der Waals surface area contributed by atoms with Crippen molar-refractivity contribution in [2.75, 3.05) is 0 Å². The maximum Gasteiger partial charge on any atom is 0.242 e. The predicted molar refractivity (Wildman–Crippen MR) is 73.6 cm³/mol. The van der Waals surface area contributed by atoms with Crippen molar-refractivity contribution in [2.45, 2.75) is 38.1 Å². The molecule has 1 amide bonds. The van der Waals surface area contributed by atoms with Gasteiger partial charge in [0.25, 0.3) is 0 Å². The number of benzene rings is 1. The molecule has 18 heavy (non-hydrogen) atoms. The van der Waals surface area contributed by atoms with E-state index >= 15 is 0 Å². The van der Waals surface area contributed by atoms with E-state index in [4.69, 9.17) is 5.73 Å². The summed E-state index contributed by atoms with van der Waals surface area (Å²) in [6.45, 7) is 0. The summed E-state index contributed by atoms with van der Waals surface area (Å²) in [6.07, 6.45) is 7.55. The third-order valence-electron chi connectivity index (χ3n) is 3.57. The summed E-state index contributed by atoms with van der Waals surface area (Å²) in [7, 11) is 0. The van der Waals surface area contributed by atoms with Crippen LogP contribution in [0.4, 0.5) is 0 Å². The lowest BCUT2D eigenvalue weighted by atomic mass is 9.84. The lowest BCUT2D eigenvalue weighted by molar-refractivity contribution is -0.120. The molecule has 0 radical (unpaired) electrons. The van der Waals surface area contributed by atoms with Gasteiger partial charge in [-0.3, -0.25) is 9.79 Å². The van der Waals surface area contributed by atoms with Crippen molar-refractivity contribution >= 4 is 12.1 Å². The van der Waals surface area contributed by atoms with Crippen LogP contribution in [0.15, 0.2) is 35.3 Å². The highest BCUT2D eigenvalue weighted by atomic mass is 16.1. The first-order valence-corrected chi connectivity index (χ1v) is 6.65. The molecule has 0 aliphatic heterocycles. The van der Waals surface area contributed by atoms with Crippen LogP contribution in [0.1, 0.15) is 37.7 Å². The molecule has 1 aromatic carbocycles. The normalized spacial score (nSPS) is 18.9. The number of nitrogens with zero attached hydrogens (tertiary/aromatic N) is 1. The number of aliphatic imine (C=N–C) groups is 1. The number of carbonyl (C=O) groups is 1. The van der Waals surface area contributed by atoms with Crippen molar-refractivity contribution in [3.63, 3.8) is 0 Å². The van der Waals surface area contributed by atoms with Crippen molar-refractivity contribution in [3.05, 3.63) is 35.9 Å². The largest absolute Gasteiger partial charge is 0.368 e. The van der Waals surface area contributed by atoms with Crippen molar-refractivity contribution in [1.82, 2.24) is 0 Å². The number of nitrogens with two attached hydrogens (primary N) is 1. The van der Waals surface area contributed by atoms with Crippen LogP contribution in [-0.2, 0) is 4.79 Å². The van der Waals surface area contributed by atoms with Gasteiger partial charge in [-0.1, -0.05) is 49.6 Å². The Bertz CT molecular complexity index is 408. The van der Waals surface area contributed by atoms with Crippen LogP contribution in [0.25, 0.3) is 0 Å². The Morgan fingerprint density at radius 2 is 1.89 bits per heavy atom. The van der Waals surface area contributed by atoms with Crippen LogP contribution in [0, 0.1) is 5.92 Å². The summed E-state index contributed by atoms with van der Waals surface area (Å²) in [5, 5.41) is 0. The molecular formula is C15H20N2O. The molecular weight excluding hydrogens is 224 g/mol. The highest BCUT2D eigenvalue weighted by molar-refractivity contribution is 5.85. The lowest BCUT2D eigenvalue weighted by Gasteiger charge is -2.25. The first-order valence-electron chi connectivity index (χ1n) is 6.65. The summed E-state index contributed by atoms with van der Waals surface area (Å²) < 4.78 is 0. The van der Waals surface area contributed by atoms with Crippen LogP contribution in [0.5, 0.6) is 0 Å². The Balaban J connectivity index is 2.06. The fourth-order valence-corrected chi connectivity index (χ4v) is 2.58. The quantitative estimate of drug-likeness (QED) is 0.813. The van der Waals surface area contributed by atoms with E-state index in [2.05, 4.69) is 4.99 Å². The van der Waals surface area contributed by atoms with Gasteiger partial charge in [0.15, 0.2) is 0 Å². The monoisotopic (exact) mass is 244 g/mol. The Kier molecular flexibility index (Phi) is 4.51. The predicted octanol–water partition coefficient (Wildman–Crippen LogP) is 2.54. The van der Waals surface area contributed by atoms with E-state index in [0.29, 0.717) is 5.92 Å². The van der Waals surface area contributed by atoms with Gasteiger partial charge in [-0.25, -0.2) is 0 Å². The second-order valence-corrected chi connectivity index (χ2v) is 4.93. The van der Waals surface area contributed by atoms with E-state index < -0.39 is 0 Å². The minimum Gasteiger partial charge on any atom is -0.368 e. The van der Waals surface area contributed by atoms with Gasteiger partial charge in [-0.05, 0) is 24.3 Å². The average molecular weight is 244 g/mol. The van der Waals surface area contributed by atoms with Gasteiger partial charge in [0, 0.05) is 6.21 Å². The molecule has 0 aromatic heterocycles. The van der Waals surface area contributed by atoms with E-state index in [0.717, 1.165) is 18.4 Å². The van der Waals surface area contributed by atoms with Crippen LogP contribution >= 0.6 is 0 Å². The van der Waals surface area contributed by atoms with E-state index in [9.17, 15) is 4.79 Å². The first-order chi connectivity index (χ1) is 8.77. The van der Waals surface area contributed by atoms with Crippen molar-refractivity contribution in [1.29, 1.82) is 0 Å². The fourth-order valence-electron chi connectivity index (χ4n) is 2.58. The number of primary amides is 1. The highest BCUT2D eigenvalue weighted by Crippen LogP contribution is 2.27. The molecule has 1 aromatic rings. The van der Waals surface area contributed by atoms with Crippen LogP contribution in [0.2, 0.25) is 0 Å². The third-order valence-corrected chi connectivity index (χ3v) is 3.57. The second kappa shape index (κ2) is 6.34. The molecule has 96 valence electrons. The first kappa shape index (κ1) is 12.8. The molecule has 2 rings (SSSR count). The molecule has 3 heteroatoms. The average Bonchev–Trinajstić information content (AvgIpc) is 2.41. The Hall–Kier alpha value is -1.64. The molecule has 3 nitrogen and oxygen atoms in total. The van der Waals surface area contributed by atoms with Crippen molar-refractivity contribution < 1.29 is 4.79 Å². The van der Waals surface area contributed by atoms with Crippen molar-refractivity contribution in [2.24, 2.45) is 16.6 Å². The molecule has 0 heterocycles. The molecule has 1 saturated carbocycles. The minimum atomic E-state index is -0.356. The van der Waals surface area contributed by atoms with E-state index in [1.807, 2.05) is 30.3 Å². The summed E-state index contributed by atoms with van der Waals surface area (Å²) in [4.78, 5) is 15.9. The maximum absolute atomic E-state index is 11.5. The standard InChI is InChI=1S/C15H20N2O/c16-15(18)14(13-9-5-2-6-10-13)17-11-12-7-3-1-4-8-12/h1,3-4,7-8,11,13-14H,2,5-6,9-10H2,(H2,16,18). The zero-order valence-corrected chi connectivity index (χ0v) is 10.6. The van der Waals surface area contributed by atoms with Crippen LogP contribution < -0.4 is 5.73 Å². The number of hydrogen-bond acceptors (Lipinski definition) is 2. The number of carbonyl (C=O) groups excluding carboxylic acids is 1. The summed E-state index contributed by atoms with van der Waals surface area (Å²) in [5.74, 6) is 0.0327. The topological polar surface area (TPSA) is 55.5 Å². The summed E-state index contributed by atoms with van der Waals surface area (Å²) >= 11 is 0. The lowest BCUT2D eigenvalue weighted by Crippen LogP contribution is -2.35. The van der Waals surface area contributed by atoms with Gasteiger partial charge >= 0.3 is 0 Å². The maximum atomic E-state index is 11.5. The fraction of sp³-hybridized carbons (Fsp3) is 0.467. The molecule has 2 N–H and O–H groups in total.